The van der Waals surface area contributed by atoms with Gasteiger partial charge in [-0.25, -0.2) is 42.5 Å². The summed E-state index contributed by atoms with van der Waals surface area (Å²) in [5.41, 5.74) is -3.42. The smallest absolute Gasteiger partial charge is 0.409 e. The first-order valence-electron chi connectivity index (χ1n) is 18.3. The van der Waals surface area contributed by atoms with E-state index in [1.807, 2.05) is 0 Å². The number of nitrogens with zero attached hydrogens (tertiary/aromatic N) is 6. The molecule has 1 aromatic heterocycles. The third kappa shape index (κ3) is 20.2. The lowest BCUT2D eigenvalue weighted by Gasteiger charge is -2.22. The summed E-state index contributed by atoms with van der Waals surface area (Å²) < 4.78 is 38.4. The number of hydrogen-bond acceptors (Lipinski definition) is 19. The van der Waals surface area contributed by atoms with Gasteiger partial charge in [-0.2, -0.15) is 0 Å². The zero-order valence-corrected chi connectivity index (χ0v) is 32.1. The normalized spacial score (nSPS) is 11.1. The number of aliphatic hydroxyl groups excluding tert-OH is 6. The van der Waals surface area contributed by atoms with Gasteiger partial charge in [0.05, 0.1) is 112 Å². The Kier molecular flexibility index (Phi) is 28.4. The first kappa shape index (κ1) is 50.8. The van der Waals surface area contributed by atoms with E-state index >= 15 is 0 Å². The molecule has 1 heterocycles. The summed E-state index contributed by atoms with van der Waals surface area (Å²) in [6.07, 6.45) is -2.71. The van der Waals surface area contributed by atoms with Crippen LogP contribution >= 0.6 is 0 Å². The first-order valence-corrected chi connectivity index (χ1v) is 18.3. The van der Waals surface area contributed by atoms with Gasteiger partial charge in [-0.05, 0) is 0 Å². The first-order chi connectivity index (χ1) is 27.6. The maximum absolute atomic E-state index is 13.5. The highest BCUT2D eigenvalue weighted by atomic mass is 16.6. The molecule has 1 rings (SSSR count). The third-order valence-corrected chi connectivity index (χ3v) is 7.49. The van der Waals surface area contributed by atoms with E-state index in [0.29, 0.717) is 13.7 Å². The Hall–Kier alpha value is -4.18. The molecule has 0 saturated carbocycles. The van der Waals surface area contributed by atoms with Gasteiger partial charge in [-0.3, -0.25) is 0 Å². The number of ether oxygens (including phenoxy) is 7. The molecule has 0 saturated heterocycles. The molecule has 0 unspecified atom stereocenters. The molecule has 0 aliphatic carbocycles. The van der Waals surface area contributed by atoms with E-state index in [9.17, 15) is 39.0 Å². The molecular formula is C32H58N6O19. The predicted octanol–water partition coefficient (Wildman–Crippen LogP) is -5.49. The summed E-state index contributed by atoms with van der Waals surface area (Å²) in [5.74, 6) is 0. The van der Waals surface area contributed by atoms with Gasteiger partial charge >= 0.3 is 35.3 Å². The minimum Gasteiger partial charge on any atom is -0.448 e. The average molecular weight is 831 g/mol. The number of hydrogen-bond donors (Lipinski definition) is 6. The lowest BCUT2D eigenvalue weighted by molar-refractivity contribution is 0.0398. The Balaban J connectivity index is 3.27. The van der Waals surface area contributed by atoms with Gasteiger partial charge in [-0.1, -0.05) is 0 Å². The summed E-state index contributed by atoms with van der Waals surface area (Å²) in [7, 11) is 0. The molecule has 25 nitrogen and oxygen atoms in total. The monoisotopic (exact) mass is 830 g/mol. The van der Waals surface area contributed by atoms with Gasteiger partial charge in [0, 0.05) is 39.3 Å². The van der Waals surface area contributed by atoms with Crippen LogP contribution in [0.5, 0.6) is 0 Å². The number of carbonyl (C=O) groups excluding carboxylic acids is 3. The second-order valence-electron chi connectivity index (χ2n) is 11.4. The summed E-state index contributed by atoms with van der Waals surface area (Å²) in [5, 5.41) is 54.2. The van der Waals surface area contributed by atoms with Crippen LogP contribution in [-0.4, -0.2) is 229 Å². The minimum atomic E-state index is -1.14. The van der Waals surface area contributed by atoms with Crippen molar-refractivity contribution in [3.05, 3.63) is 31.5 Å². The molecule has 0 aliphatic heterocycles. The van der Waals surface area contributed by atoms with E-state index in [1.54, 1.807) is 0 Å². The van der Waals surface area contributed by atoms with Crippen LogP contribution in [0.2, 0.25) is 0 Å². The molecule has 57 heavy (non-hydrogen) atoms. The largest absolute Gasteiger partial charge is 0.448 e. The number of rotatable bonds is 33. The molecule has 0 bridgehead atoms. The lowest BCUT2D eigenvalue weighted by atomic mass is 10.5. The van der Waals surface area contributed by atoms with Gasteiger partial charge in [0.1, 0.15) is 19.8 Å². The average Bonchev–Trinajstić information content (AvgIpc) is 3.20. The Morgan fingerprint density at radius 1 is 0.368 bits per heavy atom. The quantitative estimate of drug-likeness (QED) is 0.0284. The van der Waals surface area contributed by atoms with E-state index in [0.717, 1.165) is 4.90 Å². The second-order valence-corrected chi connectivity index (χ2v) is 11.4. The maximum atomic E-state index is 13.5. The van der Waals surface area contributed by atoms with E-state index in [2.05, 4.69) is 0 Å². The zero-order chi connectivity index (χ0) is 42.3. The van der Waals surface area contributed by atoms with Crippen molar-refractivity contribution in [2.75, 3.05) is 152 Å². The highest BCUT2D eigenvalue weighted by Crippen LogP contribution is 1.99. The molecule has 6 N–H and O–H groups in total. The van der Waals surface area contributed by atoms with Crippen molar-refractivity contribution in [2.45, 2.75) is 19.6 Å². The highest BCUT2D eigenvalue weighted by Gasteiger charge is 2.21. The molecule has 1 aromatic rings. The number of aliphatic hydroxyl groups is 6. The second kappa shape index (κ2) is 31.9. The van der Waals surface area contributed by atoms with Crippen LogP contribution in [0, 0.1) is 0 Å². The molecule has 0 spiro atoms. The number of aromatic nitrogens is 3. The Morgan fingerprint density at radius 3 is 0.842 bits per heavy atom. The Morgan fingerprint density at radius 2 is 0.614 bits per heavy atom. The molecular weight excluding hydrogens is 772 g/mol. The standard InChI is InChI=1S/C32H58N6O19/c39-10-1-33(2-11-40)30(48)55-20-7-36-27(45)37(8-21-56-31(49)34(3-16-51-23-12-41)4-17-52-24-13-42)29(47)38(28(36)46)9-22-57-32(50)35(5-18-53-25-14-43)6-19-54-26-15-44/h39-44H,1-26H2. The van der Waals surface area contributed by atoms with Crippen molar-refractivity contribution in [3.63, 3.8) is 0 Å². The predicted molar refractivity (Wildman–Crippen MR) is 194 cm³/mol. The third-order valence-electron chi connectivity index (χ3n) is 7.49. The van der Waals surface area contributed by atoms with Crippen molar-refractivity contribution in [2.24, 2.45) is 0 Å². The number of carbonyl (C=O) groups is 3. The summed E-state index contributed by atoms with van der Waals surface area (Å²) in [4.78, 5) is 82.2. The Labute approximate surface area is 327 Å². The fourth-order valence-electron chi connectivity index (χ4n) is 4.69. The molecule has 330 valence electrons. The van der Waals surface area contributed by atoms with Gasteiger partial charge in [0.25, 0.3) is 0 Å². The molecule has 25 heteroatoms. The number of amides is 3. The van der Waals surface area contributed by atoms with Crippen molar-refractivity contribution in [1.29, 1.82) is 0 Å². The van der Waals surface area contributed by atoms with Crippen LogP contribution in [0.1, 0.15) is 0 Å². The molecule has 0 aliphatic rings. The zero-order valence-electron chi connectivity index (χ0n) is 32.1. The van der Waals surface area contributed by atoms with Crippen LogP contribution in [0.4, 0.5) is 14.4 Å². The molecule has 0 radical (unpaired) electrons. The molecule has 0 fully saturated rings. The van der Waals surface area contributed by atoms with Gasteiger partial charge < -0.3 is 78.5 Å². The SMILES string of the molecule is O=C(OCCn1c(=O)n(CCOC(=O)N(CCOCCO)CCOCCO)c(=O)n(CCOC(=O)N(CCOCCO)CCOCCO)c1=O)N(CCO)CCO. The van der Waals surface area contributed by atoms with Crippen LogP contribution in [-0.2, 0) is 52.8 Å². The van der Waals surface area contributed by atoms with Crippen LogP contribution in [0.15, 0.2) is 14.4 Å². The fourth-order valence-corrected chi connectivity index (χ4v) is 4.69. The van der Waals surface area contributed by atoms with Crippen molar-refractivity contribution >= 4 is 18.3 Å². The lowest BCUT2D eigenvalue weighted by Crippen LogP contribution is -2.55. The van der Waals surface area contributed by atoms with E-state index in [1.165, 1.54) is 9.80 Å². The van der Waals surface area contributed by atoms with Crippen molar-refractivity contribution in [1.82, 2.24) is 28.4 Å². The summed E-state index contributed by atoms with van der Waals surface area (Å²) in [6, 6.07) is 0. The van der Waals surface area contributed by atoms with E-state index in [-0.39, 0.29) is 119 Å². The topological polar surface area (TPSA) is 313 Å². The maximum Gasteiger partial charge on any atom is 0.409 e. The molecule has 0 atom stereocenters. The fraction of sp³-hybridized carbons (Fsp3) is 0.812. The summed E-state index contributed by atoms with van der Waals surface area (Å²) >= 11 is 0. The summed E-state index contributed by atoms with van der Waals surface area (Å²) in [6.45, 7) is -5.12. The van der Waals surface area contributed by atoms with Crippen molar-refractivity contribution < 1.29 is 78.2 Å². The molecule has 0 aromatic carbocycles. The van der Waals surface area contributed by atoms with Gasteiger partial charge in [0.15, 0.2) is 0 Å². The van der Waals surface area contributed by atoms with Gasteiger partial charge in [0.2, 0.25) is 0 Å². The molecule has 3 amide bonds. The van der Waals surface area contributed by atoms with Crippen molar-refractivity contribution in [3.8, 4) is 0 Å². The Bertz CT molecular complexity index is 1330. The minimum absolute atomic E-state index is 0.0211. The highest BCUT2D eigenvalue weighted by molar-refractivity contribution is 5.68. The van der Waals surface area contributed by atoms with E-state index < -0.39 is 88.0 Å². The van der Waals surface area contributed by atoms with E-state index in [4.69, 9.17) is 53.6 Å². The van der Waals surface area contributed by atoms with Gasteiger partial charge in [-0.15, -0.1) is 0 Å². The van der Waals surface area contributed by atoms with Crippen LogP contribution < -0.4 is 17.1 Å². The van der Waals surface area contributed by atoms with Crippen LogP contribution in [0.25, 0.3) is 0 Å². The van der Waals surface area contributed by atoms with Crippen LogP contribution in [0.3, 0.4) is 0 Å².